The fourth-order valence-corrected chi connectivity index (χ4v) is 2.31. The van der Waals surface area contributed by atoms with Gasteiger partial charge in [0.05, 0.1) is 13.0 Å². The molecule has 1 aromatic carbocycles. The molecule has 0 saturated carbocycles. The lowest BCUT2D eigenvalue weighted by Crippen LogP contribution is -2.13. The molecule has 0 aliphatic rings. The molecule has 18 heavy (non-hydrogen) atoms. The molecule has 0 fully saturated rings. The maximum atomic E-state index is 10.8. The highest BCUT2D eigenvalue weighted by atomic mass is 32.1. The Morgan fingerprint density at radius 2 is 2.11 bits per heavy atom. The van der Waals surface area contributed by atoms with E-state index in [0.717, 1.165) is 22.0 Å². The van der Waals surface area contributed by atoms with Crippen LogP contribution < -0.4 is 11.1 Å². The van der Waals surface area contributed by atoms with Crippen molar-refractivity contribution in [2.75, 3.05) is 5.32 Å². The SMILES string of the molecule is Cc1csc(CNc2ccc(CC(N)=O)cc2)n1. The summed E-state index contributed by atoms with van der Waals surface area (Å²) in [5.74, 6) is -0.311. The monoisotopic (exact) mass is 261 g/mol. The van der Waals surface area contributed by atoms with Crippen molar-refractivity contribution in [3.05, 3.63) is 45.9 Å². The maximum absolute atomic E-state index is 10.8. The number of thiazole rings is 1. The highest BCUT2D eigenvalue weighted by molar-refractivity contribution is 7.09. The summed E-state index contributed by atoms with van der Waals surface area (Å²) in [5.41, 5.74) is 8.13. The van der Waals surface area contributed by atoms with Gasteiger partial charge in [-0.1, -0.05) is 12.1 Å². The zero-order valence-corrected chi connectivity index (χ0v) is 11.0. The normalized spacial score (nSPS) is 10.3. The van der Waals surface area contributed by atoms with Crippen molar-refractivity contribution < 1.29 is 4.79 Å². The third-order valence-electron chi connectivity index (χ3n) is 2.44. The Kier molecular flexibility index (Phi) is 3.94. The van der Waals surface area contributed by atoms with Gasteiger partial charge >= 0.3 is 0 Å². The summed E-state index contributed by atoms with van der Waals surface area (Å²) >= 11 is 1.65. The summed E-state index contributed by atoms with van der Waals surface area (Å²) in [7, 11) is 0. The molecule has 0 unspecified atom stereocenters. The first-order valence-electron chi connectivity index (χ1n) is 5.65. The molecule has 0 atom stereocenters. The Bertz CT molecular complexity index is 533. The van der Waals surface area contributed by atoms with Crippen molar-refractivity contribution in [1.29, 1.82) is 0 Å². The number of aryl methyl sites for hydroxylation is 1. The standard InChI is InChI=1S/C13H15N3OS/c1-9-8-18-13(16-9)7-15-11-4-2-10(3-5-11)6-12(14)17/h2-5,8,15H,6-7H2,1H3,(H2,14,17). The Balaban J connectivity index is 1.92. The van der Waals surface area contributed by atoms with Crippen molar-refractivity contribution >= 4 is 22.9 Å². The average molecular weight is 261 g/mol. The molecular formula is C13H15N3OS. The molecule has 0 spiro atoms. The van der Waals surface area contributed by atoms with E-state index in [2.05, 4.69) is 10.3 Å². The largest absolute Gasteiger partial charge is 0.379 e. The van der Waals surface area contributed by atoms with Gasteiger partial charge in [0.15, 0.2) is 0 Å². The van der Waals surface area contributed by atoms with Gasteiger partial charge in [0.25, 0.3) is 0 Å². The van der Waals surface area contributed by atoms with Crippen LogP contribution >= 0.6 is 11.3 Å². The molecular weight excluding hydrogens is 246 g/mol. The first-order valence-corrected chi connectivity index (χ1v) is 6.53. The van der Waals surface area contributed by atoms with Crippen molar-refractivity contribution in [2.24, 2.45) is 5.73 Å². The molecule has 1 heterocycles. The first-order chi connectivity index (χ1) is 8.63. The fraction of sp³-hybridized carbons (Fsp3) is 0.231. The Morgan fingerprint density at radius 3 is 2.67 bits per heavy atom. The summed E-state index contributed by atoms with van der Waals surface area (Å²) in [5, 5.41) is 6.38. The smallest absolute Gasteiger partial charge is 0.221 e. The summed E-state index contributed by atoms with van der Waals surface area (Å²) < 4.78 is 0. The Hall–Kier alpha value is -1.88. The van der Waals surface area contributed by atoms with Crippen LogP contribution in [0.1, 0.15) is 16.3 Å². The lowest BCUT2D eigenvalue weighted by Gasteiger charge is -2.05. The van der Waals surface area contributed by atoms with Crippen LogP contribution in [0.2, 0.25) is 0 Å². The van der Waals surface area contributed by atoms with E-state index in [0.29, 0.717) is 6.54 Å². The number of benzene rings is 1. The first kappa shape index (κ1) is 12.6. The lowest BCUT2D eigenvalue weighted by atomic mass is 10.1. The number of nitrogens with two attached hydrogens (primary N) is 1. The van der Waals surface area contributed by atoms with Crippen LogP contribution in [0.25, 0.3) is 0 Å². The van der Waals surface area contributed by atoms with Crippen molar-refractivity contribution in [3.8, 4) is 0 Å². The van der Waals surface area contributed by atoms with Crippen LogP contribution in [0.3, 0.4) is 0 Å². The third kappa shape index (κ3) is 3.56. The molecule has 1 amide bonds. The number of primary amides is 1. The zero-order valence-electron chi connectivity index (χ0n) is 10.1. The van der Waals surface area contributed by atoms with Gasteiger partial charge in [0.2, 0.25) is 5.91 Å². The average Bonchev–Trinajstić information content (AvgIpc) is 2.74. The third-order valence-corrected chi connectivity index (χ3v) is 3.41. The fourth-order valence-electron chi connectivity index (χ4n) is 1.60. The van der Waals surface area contributed by atoms with E-state index in [1.807, 2.05) is 36.6 Å². The molecule has 0 radical (unpaired) electrons. The number of anilines is 1. The number of amides is 1. The van der Waals surface area contributed by atoms with Crippen LogP contribution in [0, 0.1) is 6.92 Å². The van der Waals surface area contributed by atoms with Crippen molar-refractivity contribution in [3.63, 3.8) is 0 Å². The van der Waals surface area contributed by atoms with Gasteiger partial charge in [0, 0.05) is 16.8 Å². The van der Waals surface area contributed by atoms with Crippen LogP contribution in [0.15, 0.2) is 29.6 Å². The molecule has 0 aliphatic carbocycles. The van der Waals surface area contributed by atoms with Crippen LogP contribution in [0.5, 0.6) is 0 Å². The molecule has 2 aromatic rings. The highest BCUT2D eigenvalue weighted by Crippen LogP contribution is 2.14. The van der Waals surface area contributed by atoms with E-state index >= 15 is 0 Å². The van der Waals surface area contributed by atoms with E-state index in [1.165, 1.54) is 0 Å². The predicted octanol–water partition coefficient (Wildman–Crippen LogP) is 2.09. The number of nitrogens with zero attached hydrogens (tertiary/aromatic N) is 1. The molecule has 5 heteroatoms. The van der Waals surface area contributed by atoms with Crippen molar-refractivity contribution in [2.45, 2.75) is 19.9 Å². The van der Waals surface area contributed by atoms with Crippen molar-refractivity contribution in [1.82, 2.24) is 4.98 Å². The molecule has 94 valence electrons. The van der Waals surface area contributed by atoms with Crippen LogP contribution in [0.4, 0.5) is 5.69 Å². The maximum Gasteiger partial charge on any atom is 0.221 e. The minimum Gasteiger partial charge on any atom is -0.379 e. The molecule has 0 saturated heterocycles. The highest BCUT2D eigenvalue weighted by Gasteiger charge is 2.00. The number of aromatic nitrogens is 1. The number of rotatable bonds is 5. The summed E-state index contributed by atoms with van der Waals surface area (Å²) in [6.07, 6.45) is 0.284. The van der Waals surface area contributed by atoms with Gasteiger partial charge in [-0.3, -0.25) is 4.79 Å². The summed E-state index contributed by atoms with van der Waals surface area (Å²) in [6, 6.07) is 7.69. The van der Waals surface area contributed by atoms with E-state index in [4.69, 9.17) is 5.73 Å². The van der Waals surface area contributed by atoms with Gasteiger partial charge in [-0.2, -0.15) is 0 Å². The van der Waals surface area contributed by atoms with Crippen LogP contribution in [-0.2, 0) is 17.8 Å². The summed E-state index contributed by atoms with van der Waals surface area (Å²) in [6.45, 7) is 2.70. The number of carbonyl (C=O) groups excluding carboxylic acids is 1. The van der Waals surface area contributed by atoms with Crippen LogP contribution in [-0.4, -0.2) is 10.9 Å². The van der Waals surface area contributed by atoms with Gasteiger partial charge < -0.3 is 11.1 Å². The quantitative estimate of drug-likeness (QED) is 0.866. The second-order valence-electron chi connectivity index (χ2n) is 4.08. The van der Waals surface area contributed by atoms with E-state index in [1.54, 1.807) is 11.3 Å². The number of hydrogen-bond donors (Lipinski definition) is 2. The minimum absolute atomic E-state index is 0.284. The molecule has 4 nitrogen and oxygen atoms in total. The van der Waals surface area contributed by atoms with Gasteiger partial charge in [0.1, 0.15) is 5.01 Å². The van der Waals surface area contributed by atoms with Gasteiger partial charge in [-0.15, -0.1) is 11.3 Å². The lowest BCUT2D eigenvalue weighted by molar-refractivity contribution is -0.117. The molecule has 3 N–H and O–H groups in total. The molecule has 0 bridgehead atoms. The van der Waals surface area contributed by atoms with Gasteiger partial charge in [-0.25, -0.2) is 4.98 Å². The van der Waals surface area contributed by atoms with E-state index in [9.17, 15) is 4.79 Å². The number of hydrogen-bond acceptors (Lipinski definition) is 4. The zero-order chi connectivity index (χ0) is 13.0. The topological polar surface area (TPSA) is 68.0 Å². The molecule has 1 aromatic heterocycles. The Morgan fingerprint density at radius 1 is 1.39 bits per heavy atom. The minimum atomic E-state index is -0.311. The molecule has 0 aliphatic heterocycles. The Labute approximate surface area is 110 Å². The van der Waals surface area contributed by atoms with E-state index < -0.39 is 0 Å². The van der Waals surface area contributed by atoms with E-state index in [-0.39, 0.29) is 12.3 Å². The predicted molar refractivity (Wildman–Crippen MR) is 73.5 cm³/mol. The number of carbonyl (C=O) groups is 1. The second-order valence-corrected chi connectivity index (χ2v) is 5.02. The summed E-state index contributed by atoms with van der Waals surface area (Å²) in [4.78, 5) is 15.1. The number of nitrogens with one attached hydrogen (secondary N) is 1. The molecule has 2 rings (SSSR count). The van der Waals surface area contributed by atoms with Gasteiger partial charge in [-0.05, 0) is 24.6 Å². The second kappa shape index (κ2) is 5.64.